The van der Waals surface area contributed by atoms with E-state index in [0.29, 0.717) is 21.2 Å². The Morgan fingerprint density at radius 1 is 1.13 bits per heavy atom. The number of benzene rings is 2. The van der Waals surface area contributed by atoms with Crippen LogP contribution in [0.15, 0.2) is 48.5 Å². The Morgan fingerprint density at radius 2 is 1.83 bits per heavy atom. The lowest BCUT2D eigenvalue weighted by molar-refractivity contribution is 0.00590. The van der Waals surface area contributed by atoms with Crippen LogP contribution in [-0.4, -0.2) is 24.2 Å². The van der Waals surface area contributed by atoms with Crippen molar-refractivity contribution >= 4 is 29.2 Å². The summed E-state index contributed by atoms with van der Waals surface area (Å²) < 4.78 is 5.19. The molecule has 0 aliphatic rings. The summed E-state index contributed by atoms with van der Waals surface area (Å²) in [6.07, 6.45) is 0.153. The van der Waals surface area contributed by atoms with Gasteiger partial charge in [0.25, 0.3) is 0 Å². The number of hydrogen-bond donors (Lipinski definition) is 2. The molecular weight excluding hydrogens is 337 g/mol. The third-order valence-electron chi connectivity index (χ3n) is 3.55. The van der Waals surface area contributed by atoms with Gasteiger partial charge in [0.1, 0.15) is 5.60 Å². The first-order valence-electron chi connectivity index (χ1n) is 7.06. The van der Waals surface area contributed by atoms with E-state index < -0.39 is 11.6 Å². The normalized spacial score (nSPS) is 13.4. The Labute approximate surface area is 144 Å². The van der Waals surface area contributed by atoms with Gasteiger partial charge < -0.3 is 15.6 Å². The largest absolute Gasteiger partial charge is 0.462 e. The van der Waals surface area contributed by atoms with Gasteiger partial charge in [-0.1, -0.05) is 47.5 Å². The first kappa shape index (κ1) is 17.8. The monoisotopic (exact) mass is 353 g/mol. The molecule has 0 amide bonds. The van der Waals surface area contributed by atoms with Crippen LogP contribution in [0.1, 0.15) is 22.3 Å². The van der Waals surface area contributed by atoms with Gasteiger partial charge in [-0.2, -0.15) is 0 Å². The maximum atomic E-state index is 11.9. The van der Waals surface area contributed by atoms with Crippen LogP contribution in [0.5, 0.6) is 0 Å². The molecule has 23 heavy (non-hydrogen) atoms. The van der Waals surface area contributed by atoms with E-state index in [-0.39, 0.29) is 19.6 Å². The zero-order chi connectivity index (χ0) is 16.9. The minimum absolute atomic E-state index is 0.0294. The summed E-state index contributed by atoms with van der Waals surface area (Å²) in [4.78, 5) is 11.9. The SMILES string of the molecule is NCC(O)(CCOC(=O)c1ccccc1)c1ccc(Cl)c(Cl)c1. The van der Waals surface area contributed by atoms with Crippen molar-refractivity contribution in [2.45, 2.75) is 12.0 Å². The second-order valence-corrected chi connectivity index (χ2v) is 5.93. The average Bonchev–Trinajstić information content (AvgIpc) is 2.57. The van der Waals surface area contributed by atoms with Crippen LogP contribution in [0.3, 0.4) is 0 Å². The lowest BCUT2D eigenvalue weighted by atomic mass is 9.91. The van der Waals surface area contributed by atoms with Crippen molar-refractivity contribution in [1.82, 2.24) is 0 Å². The predicted octanol–water partition coefficient (Wildman–Crippen LogP) is 3.39. The van der Waals surface area contributed by atoms with Gasteiger partial charge in [-0.3, -0.25) is 0 Å². The molecule has 0 spiro atoms. The highest BCUT2D eigenvalue weighted by Crippen LogP contribution is 2.30. The minimum atomic E-state index is -1.34. The van der Waals surface area contributed by atoms with E-state index in [9.17, 15) is 9.90 Å². The molecule has 1 atom stereocenters. The van der Waals surface area contributed by atoms with Gasteiger partial charge >= 0.3 is 5.97 Å². The lowest BCUT2D eigenvalue weighted by Crippen LogP contribution is -2.36. The quantitative estimate of drug-likeness (QED) is 0.780. The molecule has 6 heteroatoms. The number of rotatable bonds is 6. The molecule has 0 fully saturated rings. The zero-order valence-electron chi connectivity index (χ0n) is 12.3. The van der Waals surface area contributed by atoms with Crippen LogP contribution in [0.2, 0.25) is 10.0 Å². The van der Waals surface area contributed by atoms with Gasteiger partial charge in [0, 0.05) is 13.0 Å². The molecule has 2 rings (SSSR count). The van der Waals surface area contributed by atoms with Crippen molar-refractivity contribution < 1.29 is 14.6 Å². The van der Waals surface area contributed by atoms with Crippen LogP contribution >= 0.6 is 23.2 Å². The highest BCUT2D eigenvalue weighted by molar-refractivity contribution is 6.42. The smallest absolute Gasteiger partial charge is 0.338 e. The summed E-state index contributed by atoms with van der Waals surface area (Å²) in [5, 5.41) is 11.4. The van der Waals surface area contributed by atoms with Crippen LogP contribution in [0.25, 0.3) is 0 Å². The third-order valence-corrected chi connectivity index (χ3v) is 4.29. The standard InChI is InChI=1S/C17H17Cl2NO3/c18-14-7-6-13(10-15(14)19)17(22,11-20)8-9-23-16(21)12-4-2-1-3-5-12/h1-7,10,22H,8-9,11,20H2. The van der Waals surface area contributed by atoms with Gasteiger partial charge in [0.05, 0.1) is 22.2 Å². The molecule has 1 unspecified atom stereocenters. The average molecular weight is 354 g/mol. The van der Waals surface area contributed by atoms with Gasteiger partial charge in [0.15, 0.2) is 0 Å². The molecular formula is C17H17Cl2NO3. The van der Waals surface area contributed by atoms with Crippen molar-refractivity contribution in [2.24, 2.45) is 5.73 Å². The van der Waals surface area contributed by atoms with E-state index >= 15 is 0 Å². The number of nitrogens with two attached hydrogens (primary N) is 1. The Bertz CT molecular complexity index is 679. The molecule has 2 aromatic carbocycles. The summed E-state index contributed by atoms with van der Waals surface area (Å²) >= 11 is 11.8. The number of carbonyl (C=O) groups excluding carboxylic acids is 1. The Hall–Kier alpha value is -1.59. The van der Waals surface area contributed by atoms with Crippen LogP contribution in [0.4, 0.5) is 0 Å². The molecule has 0 aromatic heterocycles. The third kappa shape index (κ3) is 4.45. The number of carbonyl (C=O) groups is 1. The second kappa shape index (κ2) is 7.79. The Balaban J connectivity index is 2.01. The van der Waals surface area contributed by atoms with Crippen molar-refractivity contribution in [3.05, 3.63) is 69.7 Å². The molecule has 3 N–H and O–H groups in total. The van der Waals surface area contributed by atoms with E-state index in [1.807, 2.05) is 6.07 Å². The molecule has 122 valence electrons. The summed E-state index contributed by atoms with van der Waals surface area (Å²) in [6, 6.07) is 13.5. The Morgan fingerprint density at radius 3 is 2.43 bits per heavy atom. The number of esters is 1. The minimum Gasteiger partial charge on any atom is -0.462 e. The molecule has 2 aromatic rings. The predicted molar refractivity (Wildman–Crippen MR) is 90.8 cm³/mol. The van der Waals surface area contributed by atoms with E-state index in [2.05, 4.69) is 0 Å². The summed E-state index contributed by atoms with van der Waals surface area (Å²) in [5.41, 5.74) is 5.34. The van der Waals surface area contributed by atoms with Gasteiger partial charge in [-0.15, -0.1) is 0 Å². The molecule has 0 aliphatic carbocycles. The first-order chi connectivity index (χ1) is 11.0. The van der Waals surface area contributed by atoms with Gasteiger partial charge in [-0.05, 0) is 29.8 Å². The topological polar surface area (TPSA) is 72.6 Å². The van der Waals surface area contributed by atoms with E-state index in [0.717, 1.165) is 0 Å². The number of hydrogen-bond acceptors (Lipinski definition) is 4. The second-order valence-electron chi connectivity index (χ2n) is 5.12. The summed E-state index contributed by atoms with van der Waals surface area (Å²) in [5.74, 6) is -0.445. The summed E-state index contributed by atoms with van der Waals surface area (Å²) in [7, 11) is 0. The van der Waals surface area contributed by atoms with Crippen LogP contribution < -0.4 is 5.73 Å². The molecule has 0 aliphatic heterocycles. The molecule has 0 radical (unpaired) electrons. The van der Waals surface area contributed by atoms with Gasteiger partial charge in [0.2, 0.25) is 0 Å². The van der Waals surface area contributed by atoms with E-state index in [1.54, 1.807) is 42.5 Å². The first-order valence-corrected chi connectivity index (χ1v) is 7.82. The van der Waals surface area contributed by atoms with Crippen molar-refractivity contribution in [1.29, 1.82) is 0 Å². The van der Waals surface area contributed by atoms with Crippen molar-refractivity contribution in [3.8, 4) is 0 Å². The fourth-order valence-corrected chi connectivity index (χ4v) is 2.42. The highest BCUT2D eigenvalue weighted by Gasteiger charge is 2.28. The molecule has 0 saturated carbocycles. The Kier molecular flexibility index (Phi) is 6.02. The van der Waals surface area contributed by atoms with Gasteiger partial charge in [-0.25, -0.2) is 4.79 Å². The number of halogens is 2. The number of ether oxygens (including phenoxy) is 1. The number of aliphatic hydroxyl groups is 1. The molecule has 0 heterocycles. The molecule has 0 saturated heterocycles. The lowest BCUT2D eigenvalue weighted by Gasteiger charge is -2.27. The fourth-order valence-electron chi connectivity index (χ4n) is 2.12. The zero-order valence-corrected chi connectivity index (χ0v) is 13.8. The van der Waals surface area contributed by atoms with Crippen molar-refractivity contribution in [2.75, 3.05) is 13.2 Å². The maximum Gasteiger partial charge on any atom is 0.338 e. The fraction of sp³-hybridized carbons (Fsp3) is 0.235. The van der Waals surface area contributed by atoms with E-state index in [1.165, 1.54) is 0 Å². The summed E-state index contributed by atoms with van der Waals surface area (Å²) in [6.45, 7) is -0.00444. The molecule has 4 nitrogen and oxygen atoms in total. The van der Waals surface area contributed by atoms with Crippen LogP contribution in [0, 0.1) is 0 Å². The van der Waals surface area contributed by atoms with Crippen molar-refractivity contribution in [3.63, 3.8) is 0 Å². The maximum absolute atomic E-state index is 11.9. The highest BCUT2D eigenvalue weighted by atomic mass is 35.5. The molecule has 0 bridgehead atoms. The van der Waals surface area contributed by atoms with Crippen LogP contribution in [-0.2, 0) is 10.3 Å². The van der Waals surface area contributed by atoms with E-state index in [4.69, 9.17) is 33.7 Å².